The van der Waals surface area contributed by atoms with E-state index in [-0.39, 0.29) is 4.90 Å². The van der Waals surface area contributed by atoms with Crippen LogP contribution in [0.5, 0.6) is 0 Å². The zero-order valence-corrected chi connectivity index (χ0v) is 16.1. The topological polar surface area (TPSA) is 58.5 Å². The summed E-state index contributed by atoms with van der Waals surface area (Å²) in [6.45, 7) is 0.390. The number of rotatable bonds is 6. The van der Waals surface area contributed by atoms with Crippen LogP contribution in [0.3, 0.4) is 0 Å². The van der Waals surface area contributed by atoms with Crippen molar-refractivity contribution < 1.29 is 8.42 Å². The van der Waals surface area contributed by atoms with Crippen LogP contribution in [0.2, 0.25) is 5.02 Å². The molecule has 27 heavy (non-hydrogen) atoms. The van der Waals surface area contributed by atoms with E-state index >= 15 is 0 Å². The second-order valence-corrected chi connectivity index (χ2v) is 8.09. The predicted octanol–water partition coefficient (Wildman–Crippen LogP) is 4.46. The molecule has 0 aliphatic rings. The molecule has 0 fully saturated rings. The molecule has 0 saturated carbocycles. The third-order valence-corrected chi connectivity index (χ3v) is 5.53. The molecular weight excluding hydrogens is 380 g/mol. The minimum Gasteiger partial charge on any atom is -0.267 e. The Bertz CT molecular complexity index is 1000. The molecule has 0 saturated heterocycles. The van der Waals surface area contributed by atoms with Crippen molar-refractivity contribution in [3.63, 3.8) is 0 Å². The van der Waals surface area contributed by atoms with Gasteiger partial charge in [0.15, 0.2) is 0 Å². The first-order valence-electron chi connectivity index (χ1n) is 8.42. The van der Waals surface area contributed by atoms with E-state index in [1.54, 1.807) is 42.5 Å². The number of sulfonamides is 1. The fraction of sp³-hybridized carbons (Fsp3) is 0.0952. The fourth-order valence-electron chi connectivity index (χ4n) is 2.50. The lowest BCUT2D eigenvalue weighted by Crippen LogP contribution is -2.32. The molecule has 0 spiro atoms. The molecule has 0 bridgehead atoms. The minimum atomic E-state index is -3.70. The Kier molecular flexibility index (Phi) is 6.27. The van der Waals surface area contributed by atoms with Gasteiger partial charge in [-0.15, -0.1) is 0 Å². The summed E-state index contributed by atoms with van der Waals surface area (Å²) in [6.07, 6.45) is 0.357. The molecule has 0 aromatic heterocycles. The molecule has 3 aromatic rings. The Morgan fingerprint density at radius 3 is 2.04 bits per heavy atom. The first kappa shape index (κ1) is 19.1. The van der Waals surface area contributed by atoms with Crippen LogP contribution in [-0.2, 0) is 23.0 Å². The van der Waals surface area contributed by atoms with Crippen molar-refractivity contribution in [2.75, 3.05) is 0 Å². The fourth-order valence-corrected chi connectivity index (χ4v) is 3.71. The van der Waals surface area contributed by atoms with Gasteiger partial charge >= 0.3 is 0 Å². The van der Waals surface area contributed by atoms with Gasteiger partial charge in [0.25, 0.3) is 10.0 Å². The molecule has 4 nitrogen and oxygen atoms in total. The molecule has 0 radical (unpaired) electrons. The third-order valence-electron chi connectivity index (χ3n) is 3.89. The lowest BCUT2D eigenvalue weighted by atomic mass is 10.1. The number of aliphatic imine (C=N–C) groups is 1. The average molecular weight is 399 g/mol. The largest absolute Gasteiger partial charge is 0.267 e. The van der Waals surface area contributed by atoms with E-state index in [0.29, 0.717) is 23.8 Å². The SMILES string of the molecule is O=S(=O)(NC(Cc1ccc(Cl)cc1)=NCc1ccccc1)c1ccccc1. The maximum Gasteiger partial charge on any atom is 0.262 e. The Labute approximate surface area is 164 Å². The van der Waals surface area contributed by atoms with Crippen molar-refractivity contribution in [2.45, 2.75) is 17.9 Å². The molecular formula is C21H19ClN2O2S. The summed E-state index contributed by atoms with van der Waals surface area (Å²) >= 11 is 5.93. The Hall–Kier alpha value is -2.63. The molecule has 6 heteroatoms. The molecule has 3 aromatic carbocycles. The maximum absolute atomic E-state index is 12.7. The van der Waals surface area contributed by atoms with Crippen molar-refractivity contribution in [3.05, 3.63) is 101 Å². The molecule has 3 rings (SSSR count). The van der Waals surface area contributed by atoms with E-state index in [4.69, 9.17) is 11.6 Å². The number of halogens is 1. The molecule has 0 unspecified atom stereocenters. The van der Waals surface area contributed by atoms with Gasteiger partial charge in [-0.05, 0) is 35.4 Å². The second kappa shape index (κ2) is 8.84. The molecule has 0 amide bonds. The van der Waals surface area contributed by atoms with Gasteiger partial charge in [0.1, 0.15) is 5.84 Å². The van der Waals surface area contributed by atoms with Gasteiger partial charge in [0.2, 0.25) is 0 Å². The summed E-state index contributed by atoms with van der Waals surface area (Å²) in [5, 5.41) is 0.631. The Morgan fingerprint density at radius 2 is 1.41 bits per heavy atom. The normalized spacial score (nSPS) is 12.0. The molecule has 0 aliphatic heterocycles. The lowest BCUT2D eigenvalue weighted by Gasteiger charge is -2.12. The van der Waals surface area contributed by atoms with Gasteiger partial charge in [-0.1, -0.05) is 72.3 Å². The van der Waals surface area contributed by atoms with Crippen LogP contribution < -0.4 is 4.72 Å². The summed E-state index contributed by atoms with van der Waals surface area (Å²) in [6, 6.07) is 25.2. The van der Waals surface area contributed by atoms with Crippen LogP contribution in [0, 0.1) is 0 Å². The first-order chi connectivity index (χ1) is 13.0. The van der Waals surface area contributed by atoms with Gasteiger partial charge in [-0.3, -0.25) is 9.71 Å². The van der Waals surface area contributed by atoms with Crippen LogP contribution in [0.15, 0.2) is 94.8 Å². The number of hydrogen-bond acceptors (Lipinski definition) is 3. The van der Waals surface area contributed by atoms with E-state index in [0.717, 1.165) is 11.1 Å². The van der Waals surface area contributed by atoms with E-state index in [1.807, 2.05) is 42.5 Å². The van der Waals surface area contributed by atoms with Crippen LogP contribution in [0.25, 0.3) is 0 Å². The highest BCUT2D eigenvalue weighted by atomic mass is 35.5. The summed E-state index contributed by atoms with van der Waals surface area (Å²) in [5.41, 5.74) is 1.92. The van der Waals surface area contributed by atoms with Crippen LogP contribution in [-0.4, -0.2) is 14.3 Å². The van der Waals surface area contributed by atoms with Gasteiger partial charge in [0.05, 0.1) is 11.4 Å². The highest BCUT2D eigenvalue weighted by Gasteiger charge is 2.16. The van der Waals surface area contributed by atoms with Gasteiger partial charge < -0.3 is 0 Å². The number of benzene rings is 3. The summed E-state index contributed by atoms with van der Waals surface area (Å²) < 4.78 is 28.0. The van der Waals surface area contributed by atoms with Gasteiger partial charge in [-0.25, -0.2) is 8.42 Å². The van der Waals surface area contributed by atoms with Gasteiger partial charge in [0, 0.05) is 11.4 Å². The predicted molar refractivity (Wildman–Crippen MR) is 110 cm³/mol. The van der Waals surface area contributed by atoms with Crippen molar-refractivity contribution in [1.82, 2.24) is 4.72 Å². The first-order valence-corrected chi connectivity index (χ1v) is 10.3. The maximum atomic E-state index is 12.7. The molecule has 0 aliphatic carbocycles. The average Bonchev–Trinajstić information content (AvgIpc) is 2.69. The van der Waals surface area contributed by atoms with Crippen LogP contribution in [0.1, 0.15) is 11.1 Å². The number of amidine groups is 1. The quantitative estimate of drug-likeness (QED) is 0.492. The summed E-state index contributed by atoms with van der Waals surface area (Å²) in [4.78, 5) is 4.72. The van der Waals surface area contributed by atoms with Crippen molar-refractivity contribution in [2.24, 2.45) is 4.99 Å². The molecule has 138 valence electrons. The van der Waals surface area contributed by atoms with Crippen molar-refractivity contribution >= 4 is 27.5 Å². The monoisotopic (exact) mass is 398 g/mol. The summed E-state index contributed by atoms with van der Waals surface area (Å²) in [7, 11) is -3.70. The summed E-state index contributed by atoms with van der Waals surface area (Å²) in [5.74, 6) is 0.380. The smallest absolute Gasteiger partial charge is 0.262 e. The number of hydrogen-bond donors (Lipinski definition) is 1. The zero-order chi connectivity index (χ0) is 19.1. The van der Waals surface area contributed by atoms with Crippen molar-refractivity contribution in [3.8, 4) is 0 Å². The van der Waals surface area contributed by atoms with E-state index < -0.39 is 10.0 Å². The number of nitrogens with one attached hydrogen (secondary N) is 1. The Balaban J connectivity index is 1.85. The van der Waals surface area contributed by atoms with E-state index in [2.05, 4.69) is 9.71 Å². The van der Waals surface area contributed by atoms with Crippen molar-refractivity contribution in [1.29, 1.82) is 0 Å². The lowest BCUT2D eigenvalue weighted by molar-refractivity contribution is 0.592. The molecule has 0 atom stereocenters. The van der Waals surface area contributed by atoms with Gasteiger partial charge in [-0.2, -0.15) is 0 Å². The van der Waals surface area contributed by atoms with Crippen LogP contribution >= 0.6 is 11.6 Å². The number of nitrogens with zero attached hydrogens (tertiary/aromatic N) is 1. The van der Waals surface area contributed by atoms with E-state index in [1.165, 1.54) is 0 Å². The third kappa shape index (κ3) is 5.67. The Morgan fingerprint density at radius 1 is 0.815 bits per heavy atom. The highest BCUT2D eigenvalue weighted by molar-refractivity contribution is 7.90. The highest BCUT2D eigenvalue weighted by Crippen LogP contribution is 2.12. The standard InChI is InChI=1S/C21H19ClN2O2S/c22-19-13-11-17(12-14-19)15-21(23-16-18-7-3-1-4-8-18)24-27(25,26)20-9-5-2-6-10-20/h1-14H,15-16H2,(H,23,24). The van der Waals surface area contributed by atoms with E-state index in [9.17, 15) is 8.42 Å². The zero-order valence-electron chi connectivity index (χ0n) is 14.5. The minimum absolute atomic E-state index is 0.202. The molecule has 0 heterocycles. The van der Waals surface area contributed by atoms with Crippen LogP contribution in [0.4, 0.5) is 0 Å². The molecule has 1 N–H and O–H groups in total. The second-order valence-electron chi connectivity index (χ2n) is 5.97.